The molecule has 0 radical (unpaired) electrons. The Labute approximate surface area is 213 Å². The van der Waals surface area contributed by atoms with E-state index in [0.29, 0.717) is 35.0 Å². The van der Waals surface area contributed by atoms with Crippen LogP contribution in [0.5, 0.6) is 0 Å². The van der Waals surface area contributed by atoms with E-state index in [0.717, 1.165) is 0 Å². The first kappa shape index (κ1) is 27.5. The Morgan fingerprint density at radius 1 is 0.640 bits per heavy atom. The Kier molecular flexibility index (Phi) is 17.9. The van der Waals surface area contributed by atoms with Gasteiger partial charge in [0.25, 0.3) is 0 Å². The van der Waals surface area contributed by atoms with Crippen LogP contribution in [-0.4, -0.2) is 48.4 Å². The zero-order valence-electron chi connectivity index (χ0n) is 13.9. The van der Waals surface area contributed by atoms with Crippen LogP contribution in [0.3, 0.4) is 0 Å². The number of rotatable bonds is 6. The van der Waals surface area contributed by atoms with Crippen LogP contribution in [0.25, 0.3) is 0 Å². The molecule has 25 heavy (non-hydrogen) atoms. The Bertz CT molecular complexity index is 364. The predicted molar refractivity (Wildman–Crippen MR) is 118 cm³/mol. The van der Waals surface area contributed by atoms with E-state index in [1.165, 1.54) is 36.5 Å². The Balaban J connectivity index is 0.000000339. The third-order valence-electron chi connectivity index (χ3n) is 3.59. The third kappa shape index (κ3) is 15.0. The molecule has 0 aliphatic carbocycles. The minimum absolute atomic E-state index is 0. The molecular formula is C15H24CeO3S6. The molecular weight excluding hydrogens is 561 g/mol. The average Bonchev–Trinajstić information content (AvgIpc) is 2.35. The summed E-state index contributed by atoms with van der Waals surface area (Å²) in [5, 5.41) is 1.88. The molecule has 0 N–H and O–H groups in total. The second-order valence-electron chi connectivity index (χ2n) is 5.64. The summed E-state index contributed by atoms with van der Waals surface area (Å²) in [5.74, 6) is 3.68. The molecule has 0 aromatic rings. The van der Waals surface area contributed by atoms with Crippen molar-refractivity contribution in [3.05, 3.63) is 0 Å². The van der Waals surface area contributed by atoms with Gasteiger partial charge in [-0.25, -0.2) is 0 Å². The first-order valence-electron chi connectivity index (χ1n) is 7.87. The summed E-state index contributed by atoms with van der Waals surface area (Å²) in [6.45, 7) is 0. The van der Waals surface area contributed by atoms with Crippen LogP contribution < -0.4 is 0 Å². The van der Waals surface area contributed by atoms with Crippen LogP contribution in [-0.2, 0) is 14.4 Å². The SMILES string of the molecule is O=C(S)CC1CCS1.O=C(S)CC1CCS1.O=C(S)CC1CCS1.[Ce]. The summed E-state index contributed by atoms with van der Waals surface area (Å²) < 4.78 is 0. The summed E-state index contributed by atoms with van der Waals surface area (Å²) in [6, 6.07) is 0. The molecule has 0 spiro atoms. The van der Waals surface area contributed by atoms with Gasteiger partial charge in [-0.15, -0.1) is 37.9 Å². The summed E-state index contributed by atoms with van der Waals surface area (Å²) in [7, 11) is 0. The molecule has 0 saturated carbocycles. The van der Waals surface area contributed by atoms with Gasteiger partial charge in [-0.1, -0.05) is 0 Å². The Hall–Kier alpha value is 2.49. The molecule has 0 aromatic heterocycles. The zero-order chi connectivity index (χ0) is 17.9. The van der Waals surface area contributed by atoms with E-state index < -0.39 is 0 Å². The summed E-state index contributed by atoms with van der Waals surface area (Å²) in [6.07, 6.45) is 5.60. The van der Waals surface area contributed by atoms with Crippen LogP contribution in [0.4, 0.5) is 0 Å². The molecule has 10 heteroatoms. The zero-order valence-corrected chi connectivity index (χ0v) is 22.2. The summed E-state index contributed by atoms with van der Waals surface area (Å²) >= 11 is 16.6. The van der Waals surface area contributed by atoms with Gasteiger partial charge in [0.15, 0.2) is 15.3 Å². The quantitative estimate of drug-likeness (QED) is 0.411. The van der Waals surface area contributed by atoms with Crippen molar-refractivity contribution in [2.45, 2.75) is 54.3 Å². The van der Waals surface area contributed by atoms with Crippen molar-refractivity contribution in [2.75, 3.05) is 17.3 Å². The molecule has 3 nitrogen and oxygen atoms in total. The molecule has 142 valence electrons. The van der Waals surface area contributed by atoms with Gasteiger partial charge in [-0.2, -0.15) is 35.3 Å². The van der Waals surface area contributed by atoms with Crippen molar-refractivity contribution in [3.63, 3.8) is 0 Å². The van der Waals surface area contributed by atoms with Gasteiger partial charge >= 0.3 is 0 Å². The molecule has 3 heterocycles. The molecule has 0 bridgehead atoms. The van der Waals surface area contributed by atoms with Gasteiger partial charge in [0.05, 0.1) is 0 Å². The first-order valence-corrected chi connectivity index (χ1v) is 12.4. The van der Waals surface area contributed by atoms with Crippen molar-refractivity contribution in [3.8, 4) is 0 Å². The molecule has 3 aliphatic heterocycles. The molecule has 3 rings (SSSR count). The van der Waals surface area contributed by atoms with Crippen LogP contribution in [0, 0.1) is 41.7 Å². The molecule has 3 atom stereocenters. The number of carbonyl (C=O) groups is 3. The van der Waals surface area contributed by atoms with Crippen LogP contribution in [0.2, 0.25) is 0 Å². The van der Waals surface area contributed by atoms with Crippen molar-refractivity contribution in [2.24, 2.45) is 0 Å². The topological polar surface area (TPSA) is 51.2 Å². The van der Waals surface area contributed by atoms with E-state index in [1.807, 2.05) is 35.3 Å². The maximum Gasteiger partial charge on any atom is 0.187 e. The largest absolute Gasteiger partial charge is 0.287 e. The van der Waals surface area contributed by atoms with E-state index in [1.54, 1.807) is 0 Å². The minimum atomic E-state index is 0. The van der Waals surface area contributed by atoms with Gasteiger partial charge in [-0.3, -0.25) is 14.4 Å². The molecule has 0 aromatic carbocycles. The van der Waals surface area contributed by atoms with E-state index in [-0.39, 0.29) is 57.1 Å². The minimum Gasteiger partial charge on any atom is -0.287 e. The monoisotopic (exact) mass is 584 g/mol. The number of thiol groups is 3. The molecule has 0 amide bonds. The fraction of sp³-hybridized carbons (Fsp3) is 0.800. The average molecular weight is 585 g/mol. The second kappa shape index (κ2) is 16.3. The molecule has 3 unspecified atom stereocenters. The predicted octanol–water partition coefficient (Wildman–Crippen LogP) is 4.02. The smallest absolute Gasteiger partial charge is 0.187 e. The van der Waals surface area contributed by atoms with Crippen LogP contribution in [0.1, 0.15) is 38.5 Å². The van der Waals surface area contributed by atoms with E-state index in [9.17, 15) is 14.4 Å². The molecule has 3 fully saturated rings. The van der Waals surface area contributed by atoms with E-state index in [2.05, 4.69) is 37.9 Å². The van der Waals surface area contributed by atoms with E-state index >= 15 is 0 Å². The van der Waals surface area contributed by atoms with Crippen molar-refractivity contribution < 1.29 is 56.1 Å². The van der Waals surface area contributed by atoms with Gasteiger partial charge in [0.1, 0.15) is 0 Å². The fourth-order valence-corrected chi connectivity index (χ4v) is 5.47. The third-order valence-corrected chi connectivity index (χ3v) is 8.17. The molecule has 3 aliphatic rings. The molecule has 3 saturated heterocycles. The normalized spacial score (nSPS) is 25.8. The van der Waals surface area contributed by atoms with Crippen LogP contribution >= 0.6 is 73.2 Å². The van der Waals surface area contributed by atoms with Gasteiger partial charge in [0, 0.05) is 76.8 Å². The Morgan fingerprint density at radius 3 is 0.880 bits per heavy atom. The maximum absolute atomic E-state index is 10.3. The number of hydrogen-bond acceptors (Lipinski definition) is 6. The second-order valence-corrected chi connectivity index (χ2v) is 11.4. The van der Waals surface area contributed by atoms with Crippen molar-refractivity contribution in [1.82, 2.24) is 0 Å². The standard InChI is InChI=1S/3C5H8OS2.Ce/c3*6-5(7)3-4-1-2-8-4;/h3*4H,1-3H2,(H,6,7);. The van der Waals surface area contributed by atoms with Crippen LogP contribution in [0.15, 0.2) is 0 Å². The maximum atomic E-state index is 10.3. The Morgan fingerprint density at radius 2 is 0.840 bits per heavy atom. The number of carbonyl (C=O) groups excluding carboxylic acids is 3. The summed E-state index contributed by atoms with van der Waals surface area (Å²) in [5.41, 5.74) is 0. The van der Waals surface area contributed by atoms with Gasteiger partial charge in [0.2, 0.25) is 0 Å². The van der Waals surface area contributed by atoms with E-state index in [4.69, 9.17) is 0 Å². The van der Waals surface area contributed by atoms with Crippen molar-refractivity contribution >= 4 is 88.5 Å². The van der Waals surface area contributed by atoms with Crippen molar-refractivity contribution in [1.29, 1.82) is 0 Å². The first-order chi connectivity index (χ1) is 11.4. The summed E-state index contributed by atoms with van der Waals surface area (Å²) in [4.78, 5) is 30.9. The number of hydrogen-bond donors (Lipinski definition) is 3. The van der Waals surface area contributed by atoms with Gasteiger partial charge in [-0.05, 0) is 36.5 Å². The fourth-order valence-electron chi connectivity index (χ4n) is 1.92. The number of thioether (sulfide) groups is 3. The van der Waals surface area contributed by atoms with Gasteiger partial charge < -0.3 is 0 Å².